The maximum atomic E-state index is 12.7. The molecule has 0 amide bonds. The van der Waals surface area contributed by atoms with Gasteiger partial charge in [0.1, 0.15) is 5.75 Å². The first-order valence-electron chi connectivity index (χ1n) is 6.89. The summed E-state index contributed by atoms with van der Waals surface area (Å²) >= 11 is 0. The molecule has 0 N–H and O–H groups in total. The van der Waals surface area contributed by atoms with Gasteiger partial charge in [-0.25, -0.2) is 0 Å². The normalized spacial score (nSPS) is 15.6. The molecule has 0 spiro atoms. The van der Waals surface area contributed by atoms with E-state index in [0.717, 1.165) is 29.5 Å². The summed E-state index contributed by atoms with van der Waals surface area (Å²) in [5, 5.41) is 1.37. The summed E-state index contributed by atoms with van der Waals surface area (Å²) in [6.45, 7) is -4.26. The van der Waals surface area contributed by atoms with E-state index in [-0.39, 0.29) is 0 Å². The maximum Gasteiger partial charge on any atom is 0.509 e. The van der Waals surface area contributed by atoms with Gasteiger partial charge in [0.05, 0.1) is 6.61 Å². The van der Waals surface area contributed by atoms with Gasteiger partial charge in [-0.3, -0.25) is 0 Å². The van der Waals surface area contributed by atoms with Gasteiger partial charge in [0.15, 0.2) is 0 Å². The minimum atomic E-state index is -4.94. The Balaban J connectivity index is 1.77. The maximum absolute atomic E-state index is 12.7. The van der Waals surface area contributed by atoms with Crippen LogP contribution in [-0.2, 0) is 0 Å². The Morgan fingerprint density at radius 2 is 1.70 bits per heavy atom. The minimum absolute atomic E-state index is 0.556. The predicted octanol–water partition coefficient (Wildman–Crippen LogP) is 4.07. The Morgan fingerprint density at radius 3 is 2.40 bits per heavy atom. The first kappa shape index (κ1) is 13.3. The lowest BCUT2D eigenvalue weighted by Gasteiger charge is -2.15. The van der Waals surface area contributed by atoms with Gasteiger partial charge in [-0.1, -0.05) is 37.1 Å². The molecular weight excluding hydrogens is 264 g/mol. The summed E-state index contributed by atoms with van der Waals surface area (Å²) in [4.78, 5) is 0. The Labute approximate surface area is 115 Å². The molecule has 1 saturated carbocycles. The van der Waals surface area contributed by atoms with Gasteiger partial charge >= 0.3 is 6.98 Å². The van der Waals surface area contributed by atoms with Crippen molar-refractivity contribution in [3.8, 4) is 5.75 Å². The van der Waals surface area contributed by atoms with Crippen LogP contribution in [0.2, 0.25) is 0 Å². The highest BCUT2D eigenvalue weighted by atomic mass is 19.4. The van der Waals surface area contributed by atoms with Crippen LogP contribution in [0.1, 0.15) is 19.3 Å². The Bertz CT molecular complexity index is 620. The third kappa shape index (κ3) is 3.08. The van der Waals surface area contributed by atoms with Crippen molar-refractivity contribution < 1.29 is 17.7 Å². The summed E-state index contributed by atoms with van der Waals surface area (Å²) in [7, 11) is 0. The zero-order chi connectivity index (χ0) is 14.2. The Kier molecular flexibility index (Phi) is 3.36. The standard InChI is InChI=1S/C15H15BF3O/c17-16(18,19)14-5-3-13-10-15(6-4-12(13)9-14)20-8-7-11-1-2-11/h3-6,9-11H,1-2,7-8H2/q-1. The molecule has 0 aliphatic heterocycles. The summed E-state index contributed by atoms with van der Waals surface area (Å²) in [5.74, 6) is 1.54. The van der Waals surface area contributed by atoms with Crippen LogP contribution in [0.4, 0.5) is 12.9 Å². The van der Waals surface area contributed by atoms with Crippen molar-refractivity contribution in [2.75, 3.05) is 6.61 Å². The quantitative estimate of drug-likeness (QED) is 0.749. The molecule has 1 nitrogen and oxygen atoms in total. The summed E-state index contributed by atoms with van der Waals surface area (Å²) in [6.07, 6.45) is 3.65. The van der Waals surface area contributed by atoms with Crippen molar-refractivity contribution in [3.05, 3.63) is 36.4 Å². The number of rotatable bonds is 5. The topological polar surface area (TPSA) is 9.23 Å². The molecule has 1 aliphatic carbocycles. The number of fused-ring (bicyclic) bond motifs is 1. The molecular formula is C15H15BF3O-. The van der Waals surface area contributed by atoms with Gasteiger partial charge in [0, 0.05) is 0 Å². The molecule has 20 heavy (non-hydrogen) atoms. The van der Waals surface area contributed by atoms with Gasteiger partial charge in [0.2, 0.25) is 0 Å². The highest BCUT2D eigenvalue weighted by molar-refractivity contribution is 6.73. The Morgan fingerprint density at radius 1 is 1.00 bits per heavy atom. The lowest BCUT2D eigenvalue weighted by molar-refractivity contribution is 0.303. The summed E-state index contributed by atoms with van der Waals surface area (Å²) in [6, 6.07) is 9.07. The van der Waals surface area contributed by atoms with Gasteiger partial charge in [-0.2, -0.15) is 0 Å². The third-order valence-corrected chi connectivity index (χ3v) is 3.71. The lowest BCUT2D eigenvalue weighted by Crippen LogP contribution is -2.33. The molecule has 0 heterocycles. The minimum Gasteiger partial charge on any atom is -0.494 e. The molecule has 1 aliphatic rings. The van der Waals surface area contributed by atoms with Gasteiger partial charge in [-0.05, 0) is 35.2 Å². The number of hydrogen-bond acceptors (Lipinski definition) is 1. The van der Waals surface area contributed by atoms with E-state index in [4.69, 9.17) is 4.74 Å². The molecule has 0 radical (unpaired) electrons. The second kappa shape index (κ2) is 5.04. The van der Waals surface area contributed by atoms with Crippen molar-refractivity contribution in [1.82, 2.24) is 0 Å². The van der Waals surface area contributed by atoms with Crippen molar-refractivity contribution >= 4 is 23.2 Å². The van der Waals surface area contributed by atoms with Crippen molar-refractivity contribution in [1.29, 1.82) is 0 Å². The lowest BCUT2D eigenvalue weighted by atomic mass is 9.79. The molecule has 106 valence electrons. The number of benzene rings is 2. The van der Waals surface area contributed by atoms with Crippen LogP contribution in [-0.4, -0.2) is 13.6 Å². The molecule has 5 heteroatoms. The summed E-state index contributed by atoms with van der Waals surface area (Å²) in [5.41, 5.74) is -0.556. The smallest absolute Gasteiger partial charge is 0.494 e. The fraction of sp³-hybridized carbons (Fsp3) is 0.333. The SMILES string of the molecule is F[B-](F)(F)c1ccc2cc(OCCC3CC3)ccc2c1. The molecule has 0 saturated heterocycles. The molecule has 0 atom stereocenters. The molecule has 0 bridgehead atoms. The fourth-order valence-corrected chi connectivity index (χ4v) is 2.29. The molecule has 2 aromatic carbocycles. The van der Waals surface area contributed by atoms with E-state index < -0.39 is 12.4 Å². The summed E-state index contributed by atoms with van der Waals surface area (Å²) < 4.78 is 43.7. The van der Waals surface area contributed by atoms with Gasteiger partial charge in [0.25, 0.3) is 0 Å². The van der Waals surface area contributed by atoms with Gasteiger partial charge < -0.3 is 17.7 Å². The van der Waals surface area contributed by atoms with Crippen LogP contribution in [0.5, 0.6) is 5.75 Å². The van der Waals surface area contributed by atoms with Crippen molar-refractivity contribution in [2.45, 2.75) is 19.3 Å². The van der Waals surface area contributed by atoms with Crippen molar-refractivity contribution in [2.24, 2.45) is 5.92 Å². The van der Waals surface area contributed by atoms with Gasteiger partial charge in [-0.15, -0.1) is 5.46 Å². The monoisotopic (exact) mass is 279 g/mol. The number of ether oxygens (including phenoxy) is 1. The highest BCUT2D eigenvalue weighted by Gasteiger charge is 2.25. The largest absolute Gasteiger partial charge is 0.509 e. The zero-order valence-electron chi connectivity index (χ0n) is 11.0. The second-order valence-electron chi connectivity index (χ2n) is 5.42. The van der Waals surface area contributed by atoms with Crippen LogP contribution in [0.15, 0.2) is 36.4 Å². The fourth-order valence-electron chi connectivity index (χ4n) is 2.29. The highest BCUT2D eigenvalue weighted by Crippen LogP contribution is 2.32. The Hall–Kier alpha value is -1.65. The molecule has 1 fully saturated rings. The number of halogens is 3. The molecule has 3 rings (SSSR count). The van der Waals surface area contributed by atoms with E-state index in [2.05, 4.69) is 0 Å². The second-order valence-corrected chi connectivity index (χ2v) is 5.42. The van der Waals surface area contributed by atoms with Crippen LogP contribution < -0.4 is 10.2 Å². The number of hydrogen-bond donors (Lipinski definition) is 0. The third-order valence-electron chi connectivity index (χ3n) is 3.71. The molecule has 0 aromatic heterocycles. The average Bonchev–Trinajstić information content (AvgIpc) is 3.21. The van der Waals surface area contributed by atoms with E-state index in [0.29, 0.717) is 12.0 Å². The van der Waals surface area contributed by atoms with Crippen LogP contribution >= 0.6 is 0 Å². The average molecular weight is 279 g/mol. The van der Waals surface area contributed by atoms with E-state index in [1.54, 1.807) is 18.2 Å². The van der Waals surface area contributed by atoms with Crippen LogP contribution in [0.3, 0.4) is 0 Å². The van der Waals surface area contributed by atoms with Crippen LogP contribution in [0.25, 0.3) is 10.8 Å². The predicted molar refractivity (Wildman–Crippen MR) is 75.5 cm³/mol. The molecule has 2 aromatic rings. The van der Waals surface area contributed by atoms with E-state index in [1.165, 1.54) is 25.0 Å². The van der Waals surface area contributed by atoms with Crippen molar-refractivity contribution in [3.63, 3.8) is 0 Å². The van der Waals surface area contributed by atoms with Crippen LogP contribution in [0, 0.1) is 5.92 Å². The van der Waals surface area contributed by atoms with E-state index >= 15 is 0 Å². The van der Waals surface area contributed by atoms with E-state index in [1.807, 2.05) is 0 Å². The first-order valence-corrected chi connectivity index (χ1v) is 6.89. The zero-order valence-corrected chi connectivity index (χ0v) is 11.0. The van der Waals surface area contributed by atoms with E-state index in [9.17, 15) is 12.9 Å². The first-order chi connectivity index (χ1) is 9.52. The molecule has 0 unspecified atom stereocenters.